The molecule has 0 spiro atoms. The first-order valence-electron chi connectivity index (χ1n) is 8.61. The van der Waals surface area contributed by atoms with Gasteiger partial charge in [-0.15, -0.1) is 0 Å². The summed E-state index contributed by atoms with van der Waals surface area (Å²) in [5, 5.41) is 0. The predicted octanol–water partition coefficient (Wildman–Crippen LogP) is 3.83. The third kappa shape index (κ3) is 6.01. The molecule has 0 aliphatic heterocycles. The molecule has 7 nitrogen and oxygen atoms in total. The van der Waals surface area contributed by atoms with Crippen molar-refractivity contribution in [2.45, 2.75) is 45.9 Å². The summed E-state index contributed by atoms with van der Waals surface area (Å²) in [7, 11) is -0.631. The minimum Gasteiger partial charge on any atom is -0.493 e. The molecule has 0 aliphatic carbocycles. The molecule has 1 rings (SSSR count). The number of ether oxygens (including phenoxy) is 3. The van der Waals surface area contributed by atoms with Crippen LogP contribution in [0.25, 0.3) is 0 Å². The molecule has 148 valence electrons. The number of methoxy groups -OCH3 is 2. The molecular weight excluding hydrogens is 359 g/mol. The third-order valence-electron chi connectivity index (χ3n) is 3.50. The molecular formula is C18H29O7P. The van der Waals surface area contributed by atoms with Gasteiger partial charge in [0.15, 0.2) is 17.2 Å². The first kappa shape index (κ1) is 22.5. The minimum atomic E-state index is -3.70. The Morgan fingerprint density at radius 3 is 2.08 bits per heavy atom. The van der Waals surface area contributed by atoms with Crippen LogP contribution in [0.2, 0.25) is 0 Å². The first-order valence-corrected chi connectivity index (χ1v) is 10.2. The Morgan fingerprint density at radius 1 is 1.04 bits per heavy atom. The molecule has 0 bridgehead atoms. The first-order chi connectivity index (χ1) is 12.3. The van der Waals surface area contributed by atoms with E-state index in [1.54, 1.807) is 53.0 Å². The smallest absolute Gasteiger partial charge is 0.345 e. The van der Waals surface area contributed by atoms with Crippen LogP contribution in [0, 0.1) is 0 Å². The summed E-state index contributed by atoms with van der Waals surface area (Å²) < 4.78 is 39.8. The Morgan fingerprint density at radius 2 is 1.62 bits per heavy atom. The van der Waals surface area contributed by atoms with Crippen LogP contribution in [0.15, 0.2) is 18.2 Å². The van der Waals surface area contributed by atoms with Gasteiger partial charge < -0.3 is 23.3 Å². The lowest BCUT2D eigenvalue weighted by Crippen LogP contribution is -2.30. The molecule has 26 heavy (non-hydrogen) atoms. The van der Waals surface area contributed by atoms with Crippen LogP contribution in [-0.4, -0.2) is 45.2 Å². The van der Waals surface area contributed by atoms with E-state index in [0.717, 1.165) is 5.56 Å². The number of carbonyl (C=O) groups excluding carboxylic acids is 1. The van der Waals surface area contributed by atoms with Crippen molar-refractivity contribution >= 4 is 13.6 Å². The second-order valence-corrected chi connectivity index (χ2v) is 7.99. The maximum atomic E-state index is 13.2. The molecule has 1 aromatic rings. The van der Waals surface area contributed by atoms with Gasteiger partial charge in [-0.1, -0.05) is 6.07 Å². The van der Waals surface area contributed by atoms with Gasteiger partial charge in [-0.25, -0.2) is 0 Å². The molecule has 1 aromatic carbocycles. The largest absolute Gasteiger partial charge is 0.493 e. The maximum Gasteiger partial charge on any atom is 0.345 e. The van der Waals surface area contributed by atoms with Crippen LogP contribution in [0.4, 0.5) is 0 Å². The number of hydrogen-bond donors (Lipinski definition) is 0. The van der Waals surface area contributed by atoms with Gasteiger partial charge in [-0.05, 0) is 51.8 Å². The van der Waals surface area contributed by atoms with E-state index in [0.29, 0.717) is 11.5 Å². The molecule has 0 amide bonds. The lowest BCUT2D eigenvalue weighted by atomic mass is 10.1. The maximum absolute atomic E-state index is 13.2. The fraction of sp³-hybridized carbons (Fsp3) is 0.611. The molecule has 1 unspecified atom stereocenters. The molecule has 0 saturated carbocycles. The highest BCUT2D eigenvalue weighted by molar-refractivity contribution is 7.55. The molecule has 0 radical (unpaired) electrons. The SMILES string of the molecule is CCOP(=O)(OCC)C(Cc1ccc(OC)c(OC)c1)C(=O)OC(C)C. The Balaban J connectivity index is 3.24. The number of hydrogen-bond acceptors (Lipinski definition) is 7. The van der Waals surface area contributed by atoms with Gasteiger partial charge in [0.25, 0.3) is 0 Å². The number of rotatable bonds is 11. The summed E-state index contributed by atoms with van der Waals surface area (Å²) in [6.45, 7) is 7.19. The molecule has 0 saturated heterocycles. The summed E-state index contributed by atoms with van der Waals surface area (Å²) in [6, 6.07) is 5.24. The van der Waals surface area contributed by atoms with Crippen molar-refractivity contribution in [2.24, 2.45) is 0 Å². The summed E-state index contributed by atoms with van der Waals surface area (Å²) in [5.74, 6) is 0.471. The van der Waals surface area contributed by atoms with E-state index in [9.17, 15) is 9.36 Å². The Hall–Kier alpha value is -1.56. The van der Waals surface area contributed by atoms with Crippen LogP contribution in [0.5, 0.6) is 11.5 Å². The van der Waals surface area contributed by atoms with Crippen molar-refractivity contribution in [1.82, 2.24) is 0 Å². The van der Waals surface area contributed by atoms with Crippen LogP contribution < -0.4 is 9.47 Å². The van der Waals surface area contributed by atoms with Gasteiger partial charge >= 0.3 is 13.6 Å². The fourth-order valence-electron chi connectivity index (χ4n) is 2.44. The number of carbonyl (C=O) groups is 1. The number of benzene rings is 1. The fourth-order valence-corrected chi connectivity index (χ4v) is 4.35. The van der Waals surface area contributed by atoms with E-state index in [1.807, 2.05) is 0 Å². The molecule has 0 fully saturated rings. The van der Waals surface area contributed by atoms with Crippen LogP contribution in [0.3, 0.4) is 0 Å². The normalized spacial score (nSPS) is 12.7. The third-order valence-corrected chi connectivity index (χ3v) is 5.89. The quantitative estimate of drug-likeness (QED) is 0.421. The van der Waals surface area contributed by atoms with Gasteiger partial charge in [-0.3, -0.25) is 9.36 Å². The van der Waals surface area contributed by atoms with E-state index in [-0.39, 0.29) is 25.7 Å². The molecule has 0 N–H and O–H groups in total. The molecule has 8 heteroatoms. The van der Waals surface area contributed by atoms with Crippen LogP contribution in [-0.2, 0) is 29.6 Å². The highest BCUT2D eigenvalue weighted by Gasteiger charge is 2.42. The zero-order valence-electron chi connectivity index (χ0n) is 16.3. The van der Waals surface area contributed by atoms with Crippen molar-refractivity contribution < 1.29 is 32.6 Å². The van der Waals surface area contributed by atoms with E-state index >= 15 is 0 Å². The van der Waals surface area contributed by atoms with Crippen LogP contribution in [0.1, 0.15) is 33.3 Å². The highest BCUT2D eigenvalue weighted by atomic mass is 31.2. The van der Waals surface area contributed by atoms with Gasteiger partial charge in [0.05, 0.1) is 33.5 Å². The lowest BCUT2D eigenvalue weighted by Gasteiger charge is -2.26. The van der Waals surface area contributed by atoms with Crippen molar-refractivity contribution in [3.63, 3.8) is 0 Å². The zero-order valence-corrected chi connectivity index (χ0v) is 17.2. The van der Waals surface area contributed by atoms with E-state index in [4.69, 9.17) is 23.3 Å². The van der Waals surface area contributed by atoms with Crippen molar-refractivity contribution in [3.8, 4) is 11.5 Å². The van der Waals surface area contributed by atoms with Gasteiger partial charge in [0.2, 0.25) is 0 Å². The number of esters is 1. The van der Waals surface area contributed by atoms with Crippen molar-refractivity contribution in [1.29, 1.82) is 0 Å². The monoisotopic (exact) mass is 388 g/mol. The Labute approximate surface area is 155 Å². The standard InChI is InChI=1S/C18H29O7P/c1-7-23-26(20,24-8-2)17(18(19)25-13(3)4)12-14-9-10-15(21-5)16(11-14)22-6/h9-11,13,17H,7-8,12H2,1-6H3. The van der Waals surface area contributed by atoms with E-state index < -0.39 is 19.2 Å². The zero-order chi connectivity index (χ0) is 19.7. The van der Waals surface area contributed by atoms with Crippen LogP contribution >= 0.6 is 7.60 Å². The summed E-state index contributed by atoms with van der Waals surface area (Å²) >= 11 is 0. The average Bonchev–Trinajstić information content (AvgIpc) is 2.59. The van der Waals surface area contributed by atoms with E-state index in [2.05, 4.69) is 0 Å². The average molecular weight is 388 g/mol. The molecule has 1 atom stereocenters. The van der Waals surface area contributed by atoms with Crippen molar-refractivity contribution in [2.75, 3.05) is 27.4 Å². The van der Waals surface area contributed by atoms with Gasteiger partial charge in [0, 0.05) is 0 Å². The molecule has 0 aliphatic rings. The second kappa shape index (κ2) is 10.6. The lowest BCUT2D eigenvalue weighted by molar-refractivity contribution is -0.147. The highest BCUT2D eigenvalue weighted by Crippen LogP contribution is 2.54. The Kier molecular flexibility index (Phi) is 9.13. The summed E-state index contributed by atoms with van der Waals surface area (Å²) in [4.78, 5) is 12.6. The van der Waals surface area contributed by atoms with Gasteiger partial charge in [0.1, 0.15) is 0 Å². The molecule has 0 aromatic heterocycles. The predicted molar refractivity (Wildman–Crippen MR) is 99.1 cm³/mol. The van der Waals surface area contributed by atoms with Gasteiger partial charge in [-0.2, -0.15) is 0 Å². The van der Waals surface area contributed by atoms with Crippen molar-refractivity contribution in [3.05, 3.63) is 23.8 Å². The summed E-state index contributed by atoms with van der Waals surface area (Å²) in [6.07, 6.45) is -0.212. The topological polar surface area (TPSA) is 80.3 Å². The second-order valence-electron chi connectivity index (χ2n) is 5.77. The molecule has 0 heterocycles. The summed E-state index contributed by atoms with van der Waals surface area (Å²) in [5.41, 5.74) is -0.337. The minimum absolute atomic E-state index is 0.128. The van der Waals surface area contributed by atoms with E-state index in [1.165, 1.54) is 7.11 Å². The Bertz CT molecular complexity index is 620.